The van der Waals surface area contributed by atoms with E-state index in [1.54, 1.807) is 0 Å². The van der Waals surface area contributed by atoms with Crippen LogP contribution in [0.5, 0.6) is 0 Å². The number of hydrogen-bond donors (Lipinski definition) is 1. The molecule has 0 saturated heterocycles. The van der Waals surface area contributed by atoms with Crippen molar-refractivity contribution >= 4 is 44.9 Å². The first-order chi connectivity index (χ1) is 11.6. The van der Waals surface area contributed by atoms with E-state index < -0.39 is 0 Å². The van der Waals surface area contributed by atoms with E-state index >= 15 is 0 Å². The van der Waals surface area contributed by atoms with Crippen molar-refractivity contribution in [2.45, 2.75) is 0 Å². The highest BCUT2D eigenvalue weighted by Crippen LogP contribution is 2.24. The number of amides is 1. The number of fused-ring (bicyclic) bond motifs is 2. The molecular formula is C20H15ClN2O. The lowest BCUT2D eigenvalue weighted by atomic mass is 10.1. The summed E-state index contributed by atoms with van der Waals surface area (Å²) in [6.45, 7) is 0. The van der Waals surface area contributed by atoms with Gasteiger partial charge in [-0.25, -0.2) is 0 Å². The maximum absolute atomic E-state index is 12.7. The molecule has 0 spiro atoms. The van der Waals surface area contributed by atoms with E-state index in [1.165, 1.54) is 0 Å². The van der Waals surface area contributed by atoms with Gasteiger partial charge in [-0.2, -0.15) is 0 Å². The Balaban J connectivity index is 1.69. The Morgan fingerprint density at radius 3 is 2.50 bits per heavy atom. The number of benzene rings is 3. The summed E-state index contributed by atoms with van der Waals surface area (Å²) in [6, 6.07) is 21.5. The monoisotopic (exact) mass is 334 g/mol. The summed E-state index contributed by atoms with van der Waals surface area (Å²) in [6.07, 6.45) is 0. The molecule has 0 bridgehead atoms. The van der Waals surface area contributed by atoms with E-state index in [0.717, 1.165) is 27.4 Å². The van der Waals surface area contributed by atoms with Gasteiger partial charge in [0.15, 0.2) is 0 Å². The number of aryl methyl sites for hydroxylation is 1. The van der Waals surface area contributed by atoms with Crippen LogP contribution in [0.2, 0.25) is 5.02 Å². The van der Waals surface area contributed by atoms with Crippen LogP contribution in [0.4, 0.5) is 5.69 Å². The van der Waals surface area contributed by atoms with Gasteiger partial charge in [-0.05, 0) is 41.1 Å². The summed E-state index contributed by atoms with van der Waals surface area (Å²) < 4.78 is 1.86. The highest BCUT2D eigenvalue weighted by atomic mass is 35.5. The largest absolute Gasteiger partial charge is 0.340 e. The minimum Gasteiger partial charge on any atom is -0.340 e. The molecule has 0 aliphatic rings. The second kappa shape index (κ2) is 5.69. The fourth-order valence-corrected chi connectivity index (χ4v) is 3.15. The van der Waals surface area contributed by atoms with Gasteiger partial charge in [-0.15, -0.1) is 0 Å². The van der Waals surface area contributed by atoms with Crippen LogP contribution in [0.15, 0.2) is 66.7 Å². The minimum atomic E-state index is -0.139. The molecule has 1 amide bonds. The molecule has 1 heterocycles. The third-order valence-corrected chi connectivity index (χ3v) is 4.48. The first-order valence-corrected chi connectivity index (χ1v) is 8.05. The summed E-state index contributed by atoms with van der Waals surface area (Å²) in [5.41, 5.74) is 2.31. The van der Waals surface area contributed by atoms with Gasteiger partial charge < -0.3 is 9.88 Å². The predicted octanol–water partition coefficient (Wildman–Crippen LogP) is 5.24. The van der Waals surface area contributed by atoms with Crippen molar-refractivity contribution in [2.75, 3.05) is 5.32 Å². The second-order valence-corrected chi connectivity index (χ2v) is 6.24. The standard InChI is InChI=1S/C20H15ClN2O/c1-23-18-12-16(21)8-6-15(18)11-19(23)20(24)22-17-9-7-13-4-2-3-5-14(13)10-17/h2-12H,1H3,(H,22,24). The topological polar surface area (TPSA) is 34.0 Å². The van der Waals surface area contributed by atoms with E-state index in [4.69, 9.17) is 11.6 Å². The van der Waals surface area contributed by atoms with Crippen LogP contribution in [-0.4, -0.2) is 10.5 Å². The van der Waals surface area contributed by atoms with Crippen LogP contribution >= 0.6 is 11.6 Å². The SMILES string of the molecule is Cn1c(C(=O)Nc2ccc3ccccc3c2)cc2ccc(Cl)cc21. The number of carbonyl (C=O) groups is 1. The number of hydrogen-bond acceptors (Lipinski definition) is 1. The minimum absolute atomic E-state index is 0.139. The molecule has 3 aromatic carbocycles. The molecule has 0 fully saturated rings. The van der Waals surface area contributed by atoms with E-state index in [-0.39, 0.29) is 5.91 Å². The van der Waals surface area contributed by atoms with Crippen molar-refractivity contribution in [3.8, 4) is 0 Å². The highest BCUT2D eigenvalue weighted by molar-refractivity contribution is 6.31. The Morgan fingerprint density at radius 2 is 1.67 bits per heavy atom. The van der Waals surface area contributed by atoms with Crippen molar-refractivity contribution in [2.24, 2.45) is 7.05 Å². The lowest BCUT2D eigenvalue weighted by Crippen LogP contribution is -2.15. The molecular weight excluding hydrogens is 320 g/mol. The maximum Gasteiger partial charge on any atom is 0.272 e. The van der Waals surface area contributed by atoms with Crippen LogP contribution in [-0.2, 0) is 7.05 Å². The van der Waals surface area contributed by atoms with Crippen molar-refractivity contribution in [1.29, 1.82) is 0 Å². The third-order valence-electron chi connectivity index (χ3n) is 4.25. The van der Waals surface area contributed by atoms with Gasteiger partial charge >= 0.3 is 0 Å². The number of nitrogens with zero attached hydrogens (tertiary/aromatic N) is 1. The average Bonchev–Trinajstić information content (AvgIpc) is 2.91. The van der Waals surface area contributed by atoms with E-state index in [9.17, 15) is 4.79 Å². The van der Waals surface area contributed by atoms with Crippen molar-refractivity contribution in [1.82, 2.24) is 4.57 Å². The van der Waals surface area contributed by atoms with Gasteiger partial charge in [-0.1, -0.05) is 48.0 Å². The molecule has 118 valence electrons. The average molecular weight is 335 g/mol. The molecule has 0 aliphatic heterocycles. The predicted molar refractivity (Wildman–Crippen MR) is 99.8 cm³/mol. The summed E-state index contributed by atoms with van der Waals surface area (Å²) in [5, 5.41) is 6.87. The molecule has 0 unspecified atom stereocenters. The Morgan fingerprint density at radius 1 is 0.917 bits per heavy atom. The molecule has 0 radical (unpaired) electrons. The van der Waals surface area contributed by atoms with Crippen LogP contribution in [0.1, 0.15) is 10.5 Å². The van der Waals surface area contributed by atoms with Gasteiger partial charge in [0.05, 0.1) is 0 Å². The summed E-state index contributed by atoms with van der Waals surface area (Å²) in [4.78, 5) is 12.7. The molecule has 4 rings (SSSR count). The van der Waals surface area contributed by atoms with Gasteiger partial charge in [0.1, 0.15) is 5.69 Å². The molecule has 4 heteroatoms. The summed E-state index contributed by atoms with van der Waals surface area (Å²) in [5.74, 6) is -0.139. The zero-order valence-corrected chi connectivity index (χ0v) is 13.8. The lowest BCUT2D eigenvalue weighted by molar-refractivity contribution is 0.102. The zero-order chi connectivity index (χ0) is 16.7. The van der Waals surface area contributed by atoms with Crippen molar-refractivity contribution in [3.63, 3.8) is 0 Å². The number of halogens is 1. The van der Waals surface area contributed by atoms with Gasteiger partial charge in [0.2, 0.25) is 0 Å². The molecule has 4 aromatic rings. The second-order valence-electron chi connectivity index (χ2n) is 5.81. The molecule has 0 saturated carbocycles. The summed E-state index contributed by atoms with van der Waals surface area (Å²) in [7, 11) is 1.87. The number of aromatic nitrogens is 1. The number of nitrogens with one attached hydrogen (secondary N) is 1. The van der Waals surface area contributed by atoms with Crippen molar-refractivity contribution in [3.05, 3.63) is 77.4 Å². The fraction of sp³-hybridized carbons (Fsp3) is 0.0500. The normalized spacial score (nSPS) is 11.1. The van der Waals surface area contributed by atoms with Gasteiger partial charge in [-0.3, -0.25) is 4.79 Å². The van der Waals surface area contributed by atoms with E-state index in [1.807, 2.05) is 72.3 Å². The molecule has 3 nitrogen and oxygen atoms in total. The number of carbonyl (C=O) groups excluding carboxylic acids is 1. The third kappa shape index (κ3) is 2.53. The molecule has 1 N–H and O–H groups in total. The fourth-order valence-electron chi connectivity index (χ4n) is 2.98. The Hall–Kier alpha value is -2.78. The van der Waals surface area contributed by atoms with Crippen LogP contribution in [0, 0.1) is 0 Å². The maximum atomic E-state index is 12.7. The van der Waals surface area contributed by atoms with Crippen LogP contribution in [0.25, 0.3) is 21.7 Å². The zero-order valence-electron chi connectivity index (χ0n) is 13.1. The first-order valence-electron chi connectivity index (χ1n) is 7.67. The molecule has 24 heavy (non-hydrogen) atoms. The lowest BCUT2D eigenvalue weighted by Gasteiger charge is -2.08. The van der Waals surface area contributed by atoms with Crippen LogP contribution < -0.4 is 5.32 Å². The summed E-state index contributed by atoms with van der Waals surface area (Å²) >= 11 is 6.05. The van der Waals surface area contributed by atoms with E-state index in [0.29, 0.717) is 10.7 Å². The molecule has 0 atom stereocenters. The Labute approximate surface area is 144 Å². The van der Waals surface area contributed by atoms with Gasteiger partial charge in [0.25, 0.3) is 5.91 Å². The quantitative estimate of drug-likeness (QED) is 0.534. The first kappa shape index (κ1) is 14.8. The highest BCUT2D eigenvalue weighted by Gasteiger charge is 2.14. The Kier molecular flexibility index (Phi) is 3.51. The van der Waals surface area contributed by atoms with Crippen LogP contribution in [0.3, 0.4) is 0 Å². The van der Waals surface area contributed by atoms with Crippen molar-refractivity contribution < 1.29 is 4.79 Å². The smallest absolute Gasteiger partial charge is 0.272 e. The number of rotatable bonds is 2. The van der Waals surface area contributed by atoms with Gasteiger partial charge in [0, 0.05) is 28.7 Å². The molecule has 0 aliphatic carbocycles. The molecule has 1 aromatic heterocycles. The Bertz CT molecular complexity index is 1080. The number of anilines is 1. The van der Waals surface area contributed by atoms with E-state index in [2.05, 4.69) is 11.4 Å².